The molecule has 0 unspecified atom stereocenters. The summed E-state index contributed by atoms with van der Waals surface area (Å²) >= 11 is 1.11. The van der Waals surface area contributed by atoms with E-state index in [-0.39, 0.29) is 18.4 Å². The lowest BCUT2D eigenvalue weighted by Crippen LogP contribution is -2.40. The zero-order valence-corrected chi connectivity index (χ0v) is 11.5. The van der Waals surface area contributed by atoms with Crippen LogP contribution < -0.4 is 14.9 Å². The first-order valence-corrected chi connectivity index (χ1v) is 6.97. The Labute approximate surface area is 117 Å². The van der Waals surface area contributed by atoms with Gasteiger partial charge < -0.3 is 0 Å². The summed E-state index contributed by atoms with van der Waals surface area (Å²) in [5, 5.41) is 0. The van der Waals surface area contributed by atoms with Crippen molar-refractivity contribution in [2.24, 2.45) is 4.99 Å². The van der Waals surface area contributed by atoms with Crippen LogP contribution in [-0.4, -0.2) is 16.5 Å². The molecular formula is C14H11FN2O2S. The van der Waals surface area contributed by atoms with E-state index in [1.165, 1.54) is 12.1 Å². The maximum absolute atomic E-state index is 13.6. The molecular weight excluding hydrogens is 279 g/mol. The molecule has 0 N–H and O–H groups in total. The van der Waals surface area contributed by atoms with Crippen LogP contribution in [-0.2, 0) is 0 Å². The van der Waals surface area contributed by atoms with E-state index in [1.54, 1.807) is 18.2 Å². The summed E-state index contributed by atoms with van der Waals surface area (Å²) in [4.78, 5) is 28.7. The molecule has 4 nitrogen and oxygen atoms in total. The maximum Gasteiger partial charge on any atom is 0.277 e. The zero-order chi connectivity index (χ0) is 14.3. The molecule has 2 aromatic rings. The van der Waals surface area contributed by atoms with Crippen molar-refractivity contribution in [3.8, 4) is 0 Å². The molecule has 1 aromatic heterocycles. The number of carbonyl (C=O) groups excluding carboxylic acids is 1. The topological polar surface area (TPSA) is 51.4 Å². The summed E-state index contributed by atoms with van der Waals surface area (Å²) in [6.07, 6.45) is 1.68. The van der Waals surface area contributed by atoms with E-state index in [4.69, 9.17) is 0 Å². The average molecular weight is 290 g/mol. The first-order chi connectivity index (χ1) is 9.56. The molecule has 3 rings (SSSR count). The number of fused-ring (bicyclic) bond motifs is 1. The molecule has 0 bridgehead atoms. The van der Waals surface area contributed by atoms with Crippen LogP contribution >= 0.6 is 11.3 Å². The van der Waals surface area contributed by atoms with Crippen LogP contribution in [0.25, 0.3) is 6.08 Å². The van der Waals surface area contributed by atoms with Crippen molar-refractivity contribution in [1.82, 2.24) is 4.57 Å². The van der Waals surface area contributed by atoms with Crippen molar-refractivity contribution < 1.29 is 9.18 Å². The number of hydrogen-bond acceptors (Lipinski definition) is 4. The summed E-state index contributed by atoms with van der Waals surface area (Å²) in [6.45, 7) is 1.83. The van der Waals surface area contributed by atoms with E-state index < -0.39 is 11.4 Å². The van der Waals surface area contributed by atoms with Crippen LogP contribution in [0.5, 0.6) is 0 Å². The minimum absolute atomic E-state index is 0.123. The van der Waals surface area contributed by atoms with Gasteiger partial charge in [0.2, 0.25) is 5.91 Å². The molecule has 1 atom stereocenters. The predicted molar refractivity (Wildman–Crippen MR) is 74.0 cm³/mol. The molecule has 0 saturated carbocycles. The second-order valence-electron chi connectivity index (χ2n) is 4.63. The third-order valence-electron chi connectivity index (χ3n) is 3.05. The van der Waals surface area contributed by atoms with E-state index in [1.807, 2.05) is 6.92 Å². The van der Waals surface area contributed by atoms with Gasteiger partial charge in [0.15, 0.2) is 4.80 Å². The Morgan fingerprint density at radius 3 is 2.90 bits per heavy atom. The largest absolute Gasteiger partial charge is 0.277 e. The first kappa shape index (κ1) is 12.9. The molecule has 0 spiro atoms. The van der Waals surface area contributed by atoms with Gasteiger partial charge in [0.05, 0.1) is 10.6 Å². The Hall–Kier alpha value is -2.08. The number of rotatable bonds is 1. The van der Waals surface area contributed by atoms with Gasteiger partial charge in [-0.25, -0.2) is 8.96 Å². The molecule has 1 aromatic carbocycles. The highest BCUT2D eigenvalue weighted by Gasteiger charge is 2.20. The van der Waals surface area contributed by atoms with E-state index in [0.717, 1.165) is 15.9 Å². The highest BCUT2D eigenvalue weighted by Crippen LogP contribution is 2.07. The maximum atomic E-state index is 13.6. The number of nitrogens with zero attached hydrogens (tertiary/aromatic N) is 2. The standard InChI is InChI=1S/C14H11FN2O2S/c1-8-6-12(18)17-13(19)11(20-14(17)16-8)7-9-4-2-3-5-10(9)15/h2-5,7-8H,6H2,1H3/b11-7+/t8-/m0/s1. The van der Waals surface area contributed by atoms with E-state index in [0.29, 0.717) is 14.9 Å². The van der Waals surface area contributed by atoms with Crippen molar-refractivity contribution in [1.29, 1.82) is 0 Å². The summed E-state index contributed by atoms with van der Waals surface area (Å²) in [5.74, 6) is -0.656. The van der Waals surface area contributed by atoms with Gasteiger partial charge in [-0.05, 0) is 19.1 Å². The fourth-order valence-electron chi connectivity index (χ4n) is 2.09. The number of hydrogen-bond donors (Lipinski definition) is 0. The van der Waals surface area contributed by atoms with Crippen LogP contribution in [0.15, 0.2) is 34.1 Å². The minimum atomic E-state index is -0.422. The third-order valence-corrected chi connectivity index (χ3v) is 4.03. The third kappa shape index (κ3) is 2.12. The molecule has 0 amide bonds. The molecule has 0 saturated heterocycles. The fraction of sp³-hybridized carbons (Fsp3) is 0.214. The summed E-state index contributed by atoms with van der Waals surface area (Å²) in [5.41, 5.74) is -0.0989. The first-order valence-electron chi connectivity index (χ1n) is 6.15. The molecule has 2 heterocycles. The highest BCUT2D eigenvalue weighted by atomic mass is 32.1. The van der Waals surface area contributed by atoms with Crippen LogP contribution in [0.3, 0.4) is 0 Å². The normalized spacial score (nSPS) is 18.8. The Morgan fingerprint density at radius 2 is 2.15 bits per heavy atom. The van der Waals surface area contributed by atoms with E-state index in [9.17, 15) is 14.0 Å². The van der Waals surface area contributed by atoms with Crippen LogP contribution in [0.1, 0.15) is 23.7 Å². The van der Waals surface area contributed by atoms with Gasteiger partial charge in [-0.2, -0.15) is 0 Å². The van der Waals surface area contributed by atoms with Gasteiger partial charge in [-0.15, -0.1) is 0 Å². The Balaban J connectivity index is 2.27. The van der Waals surface area contributed by atoms with Crippen molar-refractivity contribution in [3.05, 3.63) is 55.3 Å². The van der Waals surface area contributed by atoms with E-state index >= 15 is 0 Å². The van der Waals surface area contributed by atoms with E-state index in [2.05, 4.69) is 4.99 Å². The van der Waals surface area contributed by atoms with Crippen LogP contribution in [0, 0.1) is 5.82 Å². The minimum Gasteiger partial charge on any atom is -0.274 e. The van der Waals surface area contributed by atoms with Gasteiger partial charge in [-0.1, -0.05) is 29.5 Å². The molecule has 0 fully saturated rings. The summed E-state index contributed by atoms with van der Waals surface area (Å²) < 4.78 is 15.0. The second kappa shape index (κ2) is 4.79. The number of benzene rings is 1. The van der Waals surface area contributed by atoms with Gasteiger partial charge in [0.25, 0.3) is 5.56 Å². The van der Waals surface area contributed by atoms with Gasteiger partial charge in [0.1, 0.15) is 5.82 Å². The molecule has 6 heteroatoms. The predicted octanol–water partition coefficient (Wildman–Crippen LogP) is 0.930. The molecule has 0 aliphatic carbocycles. The van der Waals surface area contributed by atoms with Crippen LogP contribution in [0.4, 0.5) is 4.39 Å². The highest BCUT2D eigenvalue weighted by molar-refractivity contribution is 7.07. The lowest BCUT2D eigenvalue weighted by Gasteiger charge is -2.09. The Kier molecular flexibility index (Phi) is 3.10. The second-order valence-corrected chi connectivity index (χ2v) is 5.64. The van der Waals surface area contributed by atoms with Gasteiger partial charge >= 0.3 is 0 Å². The Bertz CT molecular complexity index is 866. The number of carbonyl (C=O) groups is 1. The van der Waals surface area contributed by atoms with Crippen molar-refractivity contribution >= 4 is 23.3 Å². The lowest BCUT2D eigenvalue weighted by atomic mass is 10.2. The molecule has 20 heavy (non-hydrogen) atoms. The monoisotopic (exact) mass is 290 g/mol. The summed E-state index contributed by atoms with van der Waals surface area (Å²) in [6, 6.07) is 6.06. The van der Waals surface area contributed by atoms with Gasteiger partial charge in [0, 0.05) is 12.0 Å². The molecule has 1 aliphatic rings. The SMILES string of the molecule is C[C@H]1CC(=O)n2c(s/c(=C/c3ccccc3F)c2=O)=N1. The molecule has 0 radical (unpaired) electrons. The number of halogens is 1. The van der Waals surface area contributed by atoms with Crippen molar-refractivity contribution in [2.45, 2.75) is 19.4 Å². The lowest BCUT2D eigenvalue weighted by molar-refractivity contribution is 0.0877. The number of aromatic nitrogens is 1. The van der Waals surface area contributed by atoms with Crippen LogP contribution in [0.2, 0.25) is 0 Å². The average Bonchev–Trinajstić information content (AvgIpc) is 2.69. The Morgan fingerprint density at radius 1 is 1.40 bits per heavy atom. The molecule has 102 valence electrons. The zero-order valence-electron chi connectivity index (χ0n) is 10.7. The summed E-state index contributed by atoms with van der Waals surface area (Å²) in [7, 11) is 0. The quantitative estimate of drug-likeness (QED) is 0.784. The van der Waals surface area contributed by atoms with Crippen molar-refractivity contribution in [3.63, 3.8) is 0 Å². The van der Waals surface area contributed by atoms with Gasteiger partial charge in [-0.3, -0.25) is 14.6 Å². The smallest absolute Gasteiger partial charge is 0.274 e. The fourth-order valence-corrected chi connectivity index (χ4v) is 3.16. The molecule has 1 aliphatic heterocycles. The van der Waals surface area contributed by atoms with Crippen molar-refractivity contribution in [2.75, 3.05) is 0 Å². The number of thiazole rings is 1.